The van der Waals surface area contributed by atoms with Crippen LogP contribution in [-0.4, -0.2) is 23.0 Å². The van der Waals surface area contributed by atoms with Crippen LogP contribution in [0.3, 0.4) is 0 Å². The molecule has 0 saturated carbocycles. The van der Waals surface area contributed by atoms with E-state index in [9.17, 15) is 0 Å². The molecule has 0 aliphatic carbocycles. The van der Waals surface area contributed by atoms with Gasteiger partial charge in [0.2, 0.25) is 5.71 Å². The van der Waals surface area contributed by atoms with E-state index in [4.69, 9.17) is 11.3 Å². The van der Waals surface area contributed by atoms with Gasteiger partial charge in [0.25, 0.3) is 0 Å². The Balaban J connectivity index is 0.000000245. The van der Waals surface area contributed by atoms with Crippen molar-refractivity contribution in [3.05, 3.63) is 108 Å². The third-order valence-corrected chi connectivity index (χ3v) is 9.57. The summed E-state index contributed by atoms with van der Waals surface area (Å²) < 4.78 is 49.0. The molecule has 0 aliphatic rings. The van der Waals surface area contributed by atoms with Gasteiger partial charge in [0.15, 0.2) is 0 Å². The standard InChI is InChI=1S/C24H25N2O.C19H26NSi.Ir/c1-15(2)20-10-9-18-17-7-6-8-19(22(17)27-23(18)26-20)21-13-16(11-12-25-21)14-24(3,4)5;1-19(2,3)13-16-12-17(15-10-8-7-9-11-15)20-14-18(16)21(4,5)6;/h6-7,9-13,15H,14H2,1-5H3;7-10,12,14H,13H2,1-6H3;/q2*-1;/i14D2,15D;13D2;. The maximum atomic E-state index is 8.75. The van der Waals surface area contributed by atoms with Crippen LogP contribution in [-0.2, 0) is 32.9 Å². The number of benzene rings is 2. The smallest absolute Gasteiger partial charge is 0.216 e. The maximum Gasteiger partial charge on any atom is 0.216 e. The van der Waals surface area contributed by atoms with Crippen molar-refractivity contribution in [3.63, 3.8) is 0 Å². The Morgan fingerprint density at radius 1 is 0.837 bits per heavy atom. The van der Waals surface area contributed by atoms with Crippen LogP contribution in [0, 0.1) is 23.0 Å². The Bertz CT molecular complexity index is 2250. The summed E-state index contributed by atoms with van der Waals surface area (Å²) in [6.07, 6.45) is 0.571. The Kier molecular flexibility index (Phi) is 9.79. The average Bonchev–Trinajstić information content (AvgIpc) is 3.45. The van der Waals surface area contributed by atoms with Crippen LogP contribution in [0.5, 0.6) is 0 Å². The summed E-state index contributed by atoms with van der Waals surface area (Å²) in [4.78, 5) is 13.6. The van der Waals surface area contributed by atoms with Crippen molar-refractivity contribution in [2.24, 2.45) is 10.8 Å². The number of aromatic nitrogens is 3. The number of rotatable bonds is 6. The summed E-state index contributed by atoms with van der Waals surface area (Å²) in [5.74, 6) is -0.823. The molecule has 0 unspecified atom stereocenters. The summed E-state index contributed by atoms with van der Waals surface area (Å²) in [6.45, 7) is 21.8. The van der Waals surface area contributed by atoms with Gasteiger partial charge in [-0.2, -0.15) is 0 Å². The normalized spacial score (nSPS) is 14.5. The molecule has 6 heteroatoms. The van der Waals surface area contributed by atoms with Crippen LogP contribution in [0.1, 0.15) is 85.0 Å². The second-order valence-corrected chi connectivity index (χ2v) is 20.6. The largest absolute Gasteiger partial charge is 0.486 e. The van der Waals surface area contributed by atoms with Crippen LogP contribution in [0.15, 0.2) is 83.5 Å². The van der Waals surface area contributed by atoms with Gasteiger partial charge in [0, 0.05) is 50.4 Å². The summed E-state index contributed by atoms with van der Waals surface area (Å²) in [5, 5.41) is 2.86. The van der Waals surface area contributed by atoms with Gasteiger partial charge in [0.1, 0.15) is 0 Å². The van der Waals surface area contributed by atoms with Gasteiger partial charge in [-0.15, -0.1) is 54.1 Å². The molecule has 49 heavy (non-hydrogen) atoms. The first kappa shape index (κ1) is 31.5. The monoisotopic (exact) mass is 851 g/mol. The number of nitrogens with zero attached hydrogens (tertiary/aromatic N) is 3. The van der Waals surface area contributed by atoms with E-state index in [0.717, 1.165) is 32.8 Å². The van der Waals surface area contributed by atoms with Crippen LogP contribution in [0.2, 0.25) is 19.6 Å². The molecule has 0 aliphatic heterocycles. The molecule has 6 aromatic rings. The van der Waals surface area contributed by atoms with Crippen molar-refractivity contribution in [1.29, 1.82) is 0 Å². The Hall–Kier alpha value is -3.44. The van der Waals surface area contributed by atoms with Crippen molar-refractivity contribution < 1.29 is 31.4 Å². The van der Waals surface area contributed by atoms with Crippen LogP contribution >= 0.6 is 0 Å². The molecule has 1 radical (unpaired) electrons. The predicted octanol–water partition coefficient (Wildman–Crippen LogP) is 11.2. The van der Waals surface area contributed by atoms with Crippen molar-refractivity contribution in [3.8, 4) is 22.5 Å². The van der Waals surface area contributed by atoms with Gasteiger partial charge >= 0.3 is 0 Å². The molecular weight excluding hydrogens is 795 g/mol. The van der Waals surface area contributed by atoms with Crippen molar-refractivity contribution in [2.45, 2.75) is 93.7 Å². The van der Waals surface area contributed by atoms with Crippen LogP contribution < -0.4 is 5.19 Å². The van der Waals surface area contributed by atoms with E-state index in [1.165, 1.54) is 0 Å². The minimum Gasteiger partial charge on any atom is -0.486 e. The van der Waals surface area contributed by atoms with Gasteiger partial charge in [-0.1, -0.05) is 109 Å². The third kappa shape index (κ3) is 9.84. The molecule has 4 aromatic heterocycles. The molecule has 0 amide bonds. The molecule has 4 nitrogen and oxygen atoms in total. The second-order valence-electron chi connectivity index (χ2n) is 15.6. The zero-order valence-electron chi connectivity index (χ0n) is 35.6. The topological polar surface area (TPSA) is 51.8 Å². The number of furan rings is 1. The van der Waals surface area contributed by atoms with E-state index in [1.54, 1.807) is 32.2 Å². The fourth-order valence-corrected chi connectivity index (χ4v) is 6.82. The van der Waals surface area contributed by atoms with Gasteiger partial charge in [0.05, 0.1) is 13.7 Å². The van der Waals surface area contributed by atoms with Crippen molar-refractivity contribution >= 4 is 35.3 Å². The summed E-state index contributed by atoms with van der Waals surface area (Å²) in [5.41, 5.74) is 4.99. The van der Waals surface area contributed by atoms with E-state index in [-0.39, 0.29) is 20.1 Å². The van der Waals surface area contributed by atoms with Crippen LogP contribution in [0.25, 0.3) is 44.6 Å². The first-order valence-corrected chi connectivity index (χ1v) is 20.0. The molecule has 0 fully saturated rings. The average molecular weight is 851 g/mol. The third-order valence-electron chi connectivity index (χ3n) is 7.55. The predicted molar refractivity (Wildman–Crippen MR) is 205 cm³/mol. The molecule has 2 aromatic carbocycles. The zero-order chi connectivity index (χ0) is 39.4. The number of hydrogen-bond acceptors (Lipinski definition) is 4. The Morgan fingerprint density at radius 3 is 2.20 bits per heavy atom. The summed E-state index contributed by atoms with van der Waals surface area (Å²) in [6, 6.07) is 27.1. The molecule has 259 valence electrons. The quantitative estimate of drug-likeness (QED) is 0.124. The van der Waals surface area contributed by atoms with E-state index in [1.807, 2.05) is 102 Å². The van der Waals surface area contributed by atoms with Crippen molar-refractivity contribution in [1.82, 2.24) is 15.0 Å². The fourth-order valence-electron chi connectivity index (χ4n) is 5.43. The van der Waals surface area contributed by atoms with E-state index >= 15 is 0 Å². The fraction of sp³-hybridized carbons (Fsp3) is 0.372. The van der Waals surface area contributed by atoms with Gasteiger partial charge in [-0.25, -0.2) is 4.98 Å². The van der Waals surface area contributed by atoms with E-state index < -0.39 is 37.5 Å². The van der Waals surface area contributed by atoms with Crippen LogP contribution in [0.4, 0.5) is 0 Å². The zero-order valence-corrected chi connectivity index (χ0v) is 34.0. The number of pyridine rings is 3. The molecular formula is C43H51IrN3OSi-2. The minimum atomic E-state index is -1.70. The summed E-state index contributed by atoms with van der Waals surface area (Å²) in [7, 11) is -1.70. The molecule has 0 N–H and O–H groups in total. The molecule has 0 bridgehead atoms. The minimum absolute atomic E-state index is 0. The summed E-state index contributed by atoms with van der Waals surface area (Å²) >= 11 is 0. The van der Waals surface area contributed by atoms with E-state index in [2.05, 4.69) is 46.7 Å². The molecule has 4 heterocycles. The SMILES string of the molecule is [2H]C(C)(C)c1ccc2c(n1)oc1c(-c3cc(C([2H])([2H])C(C)(C)C)ccn3)[c-]ccc12.[2H]C([2H])(c1cc(-c2[c-]cccc2)ncc1[Si](C)(C)C)C(C)(C)C.[Ir]. The van der Waals surface area contributed by atoms with E-state index in [0.29, 0.717) is 33.8 Å². The molecule has 0 saturated heterocycles. The first-order chi connectivity index (χ1) is 24.3. The van der Waals surface area contributed by atoms with Gasteiger partial charge in [-0.05, 0) is 64.2 Å². The van der Waals surface area contributed by atoms with Gasteiger partial charge < -0.3 is 14.4 Å². The Morgan fingerprint density at radius 2 is 1.57 bits per heavy atom. The molecule has 0 spiro atoms. The second kappa shape index (κ2) is 15.2. The first-order valence-electron chi connectivity index (χ1n) is 19.0. The molecule has 0 atom stereocenters. The maximum absolute atomic E-state index is 8.75. The van der Waals surface area contributed by atoms with Crippen molar-refractivity contribution in [2.75, 3.05) is 0 Å². The number of fused-ring (bicyclic) bond motifs is 3. The Labute approximate surface area is 315 Å². The molecule has 6 rings (SSSR count). The number of hydrogen-bond donors (Lipinski definition) is 0. The van der Waals surface area contributed by atoms with Gasteiger partial charge in [-0.3, -0.25) is 0 Å².